The van der Waals surface area contributed by atoms with Crippen LogP contribution in [-0.4, -0.2) is 146 Å². The van der Waals surface area contributed by atoms with Crippen LogP contribution < -0.4 is 16.4 Å². The summed E-state index contributed by atoms with van der Waals surface area (Å²) in [5.74, 6) is 0.0842. The Morgan fingerprint density at radius 1 is 0.750 bits per heavy atom. The van der Waals surface area contributed by atoms with E-state index in [0.29, 0.717) is 63.8 Å². The minimum Gasteiger partial charge on any atom is -0.397 e. The molecule has 3 aromatic carbocycles. The lowest BCUT2D eigenvalue weighted by atomic mass is 9.95. The Bertz CT molecular complexity index is 3780. The highest BCUT2D eigenvalue weighted by molar-refractivity contribution is 8.54. The van der Waals surface area contributed by atoms with Gasteiger partial charge in [-0.15, -0.1) is 5.10 Å². The highest BCUT2D eigenvalue weighted by Crippen LogP contribution is 2.65. The van der Waals surface area contributed by atoms with E-state index in [2.05, 4.69) is 35.2 Å². The fourth-order valence-electron chi connectivity index (χ4n) is 10.4. The molecule has 9 heterocycles. The Labute approximate surface area is 484 Å². The number of rotatable bonds is 17. The Kier molecular flexibility index (Phi) is 17.1. The molecule has 0 unspecified atom stereocenters. The van der Waals surface area contributed by atoms with Crippen LogP contribution in [0.4, 0.5) is 26.0 Å². The summed E-state index contributed by atoms with van der Waals surface area (Å²) in [6.45, 7) is -1.24. The van der Waals surface area contributed by atoms with E-state index in [-0.39, 0.29) is 52.1 Å². The highest BCUT2D eigenvalue weighted by Gasteiger charge is 2.55. The smallest absolute Gasteiger partial charge is 0.389 e. The summed E-state index contributed by atoms with van der Waals surface area (Å²) in [4.78, 5) is 35.9. The number of carbonyl (C=O) groups excluding carboxylic acids is 1. The number of fused-ring (bicyclic) bond motifs is 9. The molecule has 3 fully saturated rings. The largest absolute Gasteiger partial charge is 0.397 e. The van der Waals surface area contributed by atoms with Gasteiger partial charge in [-0.1, -0.05) is 78.9 Å². The third-order valence-corrected chi connectivity index (χ3v) is 19.3. The van der Waals surface area contributed by atoms with Crippen LogP contribution in [-0.2, 0) is 81.2 Å². The number of hydrogen-bond acceptors (Lipinski definition) is 22. The highest BCUT2D eigenvalue weighted by atomic mass is 32.7. The Balaban J connectivity index is 0.656. The lowest BCUT2D eigenvalue weighted by molar-refractivity contribution is -0.118. The van der Waals surface area contributed by atoms with Gasteiger partial charge in [0.15, 0.2) is 41.9 Å². The van der Waals surface area contributed by atoms with Gasteiger partial charge in [0.25, 0.3) is 7.47 Å². The van der Waals surface area contributed by atoms with Gasteiger partial charge in [0, 0.05) is 29.5 Å². The molecule has 2 radical (unpaired) electrons. The van der Waals surface area contributed by atoms with Crippen molar-refractivity contribution in [3.63, 3.8) is 0 Å². The van der Waals surface area contributed by atoms with E-state index in [0.717, 1.165) is 45.0 Å². The predicted molar refractivity (Wildman–Crippen MR) is 303 cm³/mol. The Hall–Kier alpha value is -6.59. The summed E-state index contributed by atoms with van der Waals surface area (Å²) in [7, 11) is 1.37. The number of carbonyl (C=O) groups is 1. The number of amides is 1. The van der Waals surface area contributed by atoms with Crippen molar-refractivity contribution in [3.05, 3.63) is 121 Å². The van der Waals surface area contributed by atoms with E-state index in [4.69, 9.17) is 60.8 Å². The van der Waals surface area contributed by atoms with Gasteiger partial charge in [0.2, 0.25) is 13.5 Å². The van der Waals surface area contributed by atoms with Crippen molar-refractivity contribution in [2.75, 3.05) is 62.6 Å². The summed E-state index contributed by atoms with van der Waals surface area (Å²) >= 11 is 0.745. The number of halogens is 2. The molecule has 1 amide bonds. The summed E-state index contributed by atoms with van der Waals surface area (Å²) in [6, 6.07) is 24.6. The van der Waals surface area contributed by atoms with Crippen molar-refractivity contribution in [2.24, 2.45) is 0 Å². The number of imidazole rings is 2. The maximum atomic E-state index is 17.0. The van der Waals surface area contributed by atoms with E-state index in [1.165, 1.54) is 40.4 Å². The second-order valence-electron chi connectivity index (χ2n) is 19.9. The van der Waals surface area contributed by atoms with Crippen molar-refractivity contribution < 1.29 is 64.5 Å². The zero-order valence-electron chi connectivity index (χ0n) is 45.0. The molecule has 0 saturated carbocycles. The topological polar surface area (TPSA) is 295 Å². The molecule has 4 aliphatic heterocycles. The van der Waals surface area contributed by atoms with Gasteiger partial charge < -0.3 is 49.1 Å². The molecule has 0 aliphatic carbocycles. The van der Waals surface area contributed by atoms with Gasteiger partial charge in [0.05, 0.1) is 95.7 Å². The van der Waals surface area contributed by atoms with Crippen LogP contribution in [0.25, 0.3) is 44.8 Å². The summed E-state index contributed by atoms with van der Waals surface area (Å²) in [5, 5.41) is 9.13. The summed E-state index contributed by atoms with van der Waals surface area (Å²) in [5.41, 5.74) is 19.8. The lowest BCUT2D eigenvalue weighted by Gasteiger charge is -2.30. The fourth-order valence-corrected chi connectivity index (χ4v) is 14.8. The number of aromatic nitrogens is 10. The fraction of sp³-hybridized carbons (Fsp3) is 0.396. The number of ether oxygens (including phenoxy) is 5. The monoisotopic (exact) mass is 1210 g/mol. The lowest BCUT2D eigenvalue weighted by Crippen LogP contribution is -2.37. The standard InChI is InChI=1S/C53H56BF2N13O12P2S/c1-2-40(70)66-23-33-7-3-4-8-34(33)46-43(35-9-5-6-10-37(35)66)64-65-69(46)17-18-73-19-20-74-21-22-75-24-31-11-13-32(14-12-31)27-84-83(72)77-26-39-47(41(55)52(79-39)68-30-63-45-49(58)60-28-61-51(45)68)80-82(54,71)76-25-38-48(81-83)42(56)53(78-38)67-29-62-44-36(57)15-16-59-50(44)67/h3-16,28-30,38-39,41-42,47-48,52-53H,2,17-27H2,1H3,(H2,57,59)(H2,58,60,61)/t38-,39-,41-,42-,47-,48-,52-,53-,82-,83+/m1/s1. The maximum absolute atomic E-state index is 17.0. The molecule has 0 spiro atoms. The number of nitrogens with two attached hydrogens (primary N) is 2. The number of benzene rings is 3. The number of nitrogens with zero attached hydrogens (tertiary/aromatic N) is 11. The second kappa shape index (κ2) is 24.8. The van der Waals surface area contributed by atoms with Crippen molar-refractivity contribution in [3.8, 4) is 22.5 Å². The molecular weight excluding hydrogens is 1150 g/mol. The first-order chi connectivity index (χ1) is 40.8. The van der Waals surface area contributed by atoms with E-state index in [1.54, 1.807) is 12.1 Å². The van der Waals surface area contributed by atoms with Crippen LogP contribution >= 0.6 is 25.7 Å². The third kappa shape index (κ3) is 11.9. The zero-order chi connectivity index (χ0) is 58.1. The van der Waals surface area contributed by atoms with Gasteiger partial charge in [-0.05, 0) is 40.2 Å². The molecule has 10 atom stereocenters. The predicted octanol–water partition coefficient (Wildman–Crippen LogP) is 7.47. The molecule has 5 aromatic heterocycles. The number of nitrogen functional groups attached to an aromatic ring is 2. The van der Waals surface area contributed by atoms with Crippen LogP contribution in [0.15, 0.2) is 104 Å². The normalized spacial score (nSPS) is 26.1. The molecule has 4 N–H and O–H groups in total. The number of alkyl halides is 2. The van der Waals surface area contributed by atoms with Crippen molar-refractivity contribution in [1.29, 1.82) is 0 Å². The van der Waals surface area contributed by atoms with Crippen LogP contribution in [0.1, 0.15) is 42.5 Å². The zero-order valence-corrected chi connectivity index (χ0v) is 47.6. The van der Waals surface area contributed by atoms with Crippen molar-refractivity contribution in [1.82, 2.24) is 49.0 Å². The molecule has 84 heavy (non-hydrogen) atoms. The minimum atomic E-state index is -4.69. The van der Waals surface area contributed by atoms with E-state index >= 15 is 13.3 Å². The Morgan fingerprint density at radius 2 is 1.39 bits per heavy atom. The average Bonchev–Trinajstić information content (AvgIpc) is 2.03. The first-order valence-corrected chi connectivity index (χ1v) is 31.6. The molecule has 12 rings (SSSR count). The van der Waals surface area contributed by atoms with E-state index in [1.807, 2.05) is 77.2 Å². The first kappa shape index (κ1) is 57.8. The summed E-state index contributed by atoms with van der Waals surface area (Å²) < 4.78 is 120. The molecule has 0 bridgehead atoms. The number of hydrogen-bond donors (Lipinski definition) is 2. The van der Waals surface area contributed by atoms with Crippen LogP contribution in [0, 0.1) is 0 Å². The van der Waals surface area contributed by atoms with Crippen LogP contribution in [0.2, 0.25) is 0 Å². The number of pyridine rings is 1. The molecule has 8 aromatic rings. The quantitative estimate of drug-likeness (QED) is 0.0507. The summed E-state index contributed by atoms with van der Waals surface area (Å²) in [6.07, 6.45) is -8.02. The molecular formula is C53H56BF2N13O12P2S. The van der Waals surface area contributed by atoms with E-state index in [9.17, 15) is 9.36 Å². The van der Waals surface area contributed by atoms with Gasteiger partial charge in [-0.3, -0.25) is 27.5 Å². The SMILES string of the molecule is [B][P@@]1(=O)OC[C@H]2O[C@@H](n3cnc4c(N)ccnc43)[C@H](F)[C@@H]2O[P@@](=O)(SCc2ccc(COCCOCCOCCn3nnc4c3-c3ccccc3CN(C(=O)CC)c3ccccc3-4)cc2)OC[C@H]2O[C@@H](n3cnc4c(N)ncnc43)[C@H](F)[C@@H]2O1. The van der Waals surface area contributed by atoms with Gasteiger partial charge in [0.1, 0.15) is 47.5 Å². The molecule has 438 valence electrons. The molecule has 4 aliphatic rings. The molecule has 25 nitrogen and oxygen atoms in total. The van der Waals surface area contributed by atoms with Crippen LogP contribution in [0.3, 0.4) is 0 Å². The first-order valence-electron chi connectivity index (χ1n) is 26.9. The molecule has 3 saturated heterocycles. The Morgan fingerprint density at radius 3 is 2.14 bits per heavy atom. The van der Waals surface area contributed by atoms with Crippen LogP contribution in [0.5, 0.6) is 0 Å². The van der Waals surface area contributed by atoms with E-state index < -0.39 is 76.7 Å². The second-order valence-corrected chi connectivity index (χ2v) is 25.5. The maximum Gasteiger partial charge on any atom is 0.389 e. The van der Waals surface area contributed by atoms with Gasteiger partial charge in [-0.25, -0.2) is 42.9 Å². The molecule has 31 heteroatoms. The van der Waals surface area contributed by atoms with Crippen molar-refractivity contribution in [2.45, 2.75) is 88.0 Å². The van der Waals surface area contributed by atoms with Gasteiger partial charge in [-0.2, -0.15) is 0 Å². The van der Waals surface area contributed by atoms with Gasteiger partial charge >= 0.3 is 6.80 Å². The van der Waals surface area contributed by atoms with Crippen molar-refractivity contribution >= 4 is 78.6 Å². The number of anilines is 3. The minimum absolute atomic E-state index is 0.0230. The average molecular weight is 1210 g/mol. The third-order valence-electron chi connectivity index (χ3n) is 14.6. The number of para-hydroxylation sites is 1.